The van der Waals surface area contributed by atoms with E-state index in [2.05, 4.69) is 32.7 Å². The van der Waals surface area contributed by atoms with Crippen LogP contribution in [0.1, 0.15) is 16.7 Å². The number of amides is 2. The molecule has 0 radical (unpaired) electrons. The summed E-state index contributed by atoms with van der Waals surface area (Å²) in [6.07, 6.45) is 1.68. The summed E-state index contributed by atoms with van der Waals surface area (Å²) in [5.74, 6) is 0.556. The second kappa shape index (κ2) is 8.88. The van der Waals surface area contributed by atoms with Crippen molar-refractivity contribution in [1.82, 2.24) is 20.5 Å². The molecule has 1 aromatic carbocycles. The number of carbonyl (C=O) groups excluding carboxylic acids is 1. The van der Waals surface area contributed by atoms with Gasteiger partial charge in [-0.25, -0.2) is 9.78 Å². The number of pyridine rings is 1. The van der Waals surface area contributed by atoms with Gasteiger partial charge in [0.15, 0.2) is 0 Å². The van der Waals surface area contributed by atoms with Crippen molar-refractivity contribution in [2.45, 2.75) is 19.6 Å². The molecule has 6 nitrogen and oxygen atoms in total. The molecule has 0 unspecified atom stereocenters. The number of rotatable bonds is 7. The molecule has 0 bridgehead atoms. The van der Waals surface area contributed by atoms with E-state index in [0.717, 1.165) is 17.7 Å². The minimum Gasteiger partial charge on any atom is -0.481 e. The van der Waals surface area contributed by atoms with E-state index in [1.54, 1.807) is 19.4 Å². The topological polar surface area (TPSA) is 66.5 Å². The maximum Gasteiger partial charge on any atom is 0.315 e. The molecule has 24 heavy (non-hydrogen) atoms. The first kappa shape index (κ1) is 17.7. The quantitative estimate of drug-likeness (QED) is 0.817. The Kier molecular flexibility index (Phi) is 6.57. The molecule has 2 amide bonds. The lowest BCUT2D eigenvalue weighted by atomic mass is 10.1. The summed E-state index contributed by atoms with van der Waals surface area (Å²) in [5.41, 5.74) is 3.23. The molecule has 1 aromatic heterocycles. The number of urea groups is 1. The predicted molar refractivity (Wildman–Crippen MR) is 93.7 cm³/mol. The van der Waals surface area contributed by atoms with E-state index in [4.69, 9.17) is 4.74 Å². The Balaban J connectivity index is 1.74. The third-order valence-electron chi connectivity index (χ3n) is 3.43. The molecule has 0 saturated heterocycles. The standard InChI is InChI=1S/C18H24N4O2/c1-22(2)13-15-6-4-14(5-7-15)10-20-18(23)21-12-16-8-9-17(24-3)19-11-16/h4-9,11H,10,12-13H2,1-3H3,(H2,20,21,23). The number of carbonyl (C=O) groups is 1. The van der Waals surface area contributed by atoms with Crippen LogP contribution in [-0.4, -0.2) is 37.1 Å². The van der Waals surface area contributed by atoms with Crippen molar-refractivity contribution in [2.75, 3.05) is 21.2 Å². The Labute approximate surface area is 142 Å². The monoisotopic (exact) mass is 328 g/mol. The predicted octanol–water partition coefficient (Wildman–Crippen LogP) is 2.15. The van der Waals surface area contributed by atoms with Gasteiger partial charge < -0.3 is 20.3 Å². The lowest BCUT2D eigenvalue weighted by Crippen LogP contribution is -2.34. The van der Waals surface area contributed by atoms with Crippen LogP contribution in [-0.2, 0) is 19.6 Å². The average molecular weight is 328 g/mol. The number of nitrogens with zero attached hydrogens (tertiary/aromatic N) is 2. The molecule has 0 atom stereocenters. The normalized spacial score (nSPS) is 10.5. The van der Waals surface area contributed by atoms with Gasteiger partial charge in [-0.05, 0) is 30.8 Å². The zero-order valence-electron chi connectivity index (χ0n) is 14.4. The summed E-state index contributed by atoms with van der Waals surface area (Å²) in [7, 11) is 5.65. The number of aromatic nitrogens is 1. The highest BCUT2D eigenvalue weighted by atomic mass is 16.5. The van der Waals surface area contributed by atoms with Gasteiger partial charge in [0.1, 0.15) is 0 Å². The van der Waals surface area contributed by atoms with Gasteiger partial charge in [-0.15, -0.1) is 0 Å². The highest BCUT2D eigenvalue weighted by Gasteiger charge is 2.02. The molecule has 2 N–H and O–H groups in total. The summed E-state index contributed by atoms with van der Waals surface area (Å²) in [6, 6.07) is 11.7. The lowest BCUT2D eigenvalue weighted by molar-refractivity contribution is 0.240. The Hall–Kier alpha value is -2.60. The number of hydrogen-bond donors (Lipinski definition) is 2. The van der Waals surface area contributed by atoms with Crippen LogP contribution in [0.2, 0.25) is 0 Å². The van der Waals surface area contributed by atoms with Crippen LogP contribution in [0.3, 0.4) is 0 Å². The fraction of sp³-hybridized carbons (Fsp3) is 0.333. The first-order valence-corrected chi connectivity index (χ1v) is 7.80. The van der Waals surface area contributed by atoms with Crippen molar-refractivity contribution >= 4 is 6.03 Å². The molecule has 6 heteroatoms. The Morgan fingerprint density at radius 2 is 1.58 bits per heavy atom. The van der Waals surface area contributed by atoms with Crippen molar-refractivity contribution in [3.63, 3.8) is 0 Å². The van der Waals surface area contributed by atoms with Crippen molar-refractivity contribution in [1.29, 1.82) is 0 Å². The Bertz CT molecular complexity index is 639. The summed E-state index contributed by atoms with van der Waals surface area (Å²) < 4.78 is 5.00. The molecule has 2 aromatic rings. The molecular weight excluding hydrogens is 304 g/mol. The van der Waals surface area contributed by atoms with E-state index >= 15 is 0 Å². The zero-order valence-corrected chi connectivity index (χ0v) is 14.4. The number of nitrogens with one attached hydrogen (secondary N) is 2. The van der Waals surface area contributed by atoms with Gasteiger partial charge in [0.2, 0.25) is 5.88 Å². The lowest BCUT2D eigenvalue weighted by Gasteiger charge is -2.11. The fourth-order valence-electron chi connectivity index (χ4n) is 2.19. The van der Waals surface area contributed by atoms with E-state index in [9.17, 15) is 4.79 Å². The van der Waals surface area contributed by atoms with Crippen molar-refractivity contribution < 1.29 is 9.53 Å². The molecule has 0 spiro atoms. The minimum atomic E-state index is -0.205. The van der Waals surface area contributed by atoms with Gasteiger partial charge in [0, 0.05) is 31.9 Å². The van der Waals surface area contributed by atoms with E-state index in [-0.39, 0.29) is 6.03 Å². The summed E-state index contributed by atoms with van der Waals surface area (Å²) in [4.78, 5) is 18.1. The molecule has 0 aliphatic heterocycles. The number of ether oxygens (including phenoxy) is 1. The van der Waals surface area contributed by atoms with Crippen molar-refractivity contribution in [3.8, 4) is 5.88 Å². The first-order valence-electron chi connectivity index (χ1n) is 7.80. The highest BCUT2D eigenvalue weighted by molar-refractivity contribution is 5.73. The van der Waals surface area contributed by atoms with Gasteiger partial charge >= 0.3 is 6.03 Å². The fourth-order valence-corrected chi connectivity index (χ4v) is 2.19. The number of benzene rings is 1. The third-order valence-corrected chi connectivity index (χ3v) is 3.43. The SMILES string of the molecule is COc1ccc(CNC(=O)NCc2ccc(CN(C)C)cc2)cn1. The molecule has 128 valence electrons. The summed E-state index contributed by atoms with van der Waals surface area (Å²) >= 11 is 0. The molecule has 0 aliphatic carbocycles. The second-order valence-corrected chi connectivity index (χ2v) is 5.80. The maximum atomic E-state index is 11.9. The van der Waals surface area contributed by atoms with Crippen molar-refractivity contribution in [3.05, 3.63) is 59.3 Å². The molecule has 0 fully saturated rings. The first-order chi connectivity index (χ1) is 11.6. The van der Waals surface area contributed by atoms with Crippen LogP contribution in [0.5, 0.6) is 5.88 Å². The van der Waals surface area contributed by atoms with Crippen molar-refractivity contribution in [2.24, 2.45) is 0 Å². The van der Waals surface area contributed by atoms with Crippen LogP contribution in [0.4, 0.5) is 4.79 Å². The number of methoxy groups -OCH3 is 1. The minimum absolute atomic E-state index is 0.205. The smallest absolute Gasteiger partial charge is 0.315 e. The average Bonchev–Trinajstić information content (AvgIpc) is 2.59. The largest absolute Gasteiger partial charge is 0.481 e. The van der Waals surface area contributed by atoms with Crippen LogP contribution < -0.4 is 15.4 Å². The van der Waals surface area contributed by atoms with E-state index in [0.29, 0.717) is 19.0 Å². The van der Waals surface area contributed by atoms with E-state index in [1.807, 2.05) is 32.3 Å². The third kappa shape index (κ3) is 5.89. The van der Waals surface area contributed by atoms with E-state index < -0.39 is 0 Å². The Morgan fingerprint density at radius 3 is 2.12 bits per heavy atom. The van der Waals surface area contributed by atoms with Crippen LogP contribution >= 0.6 is 0 Å². The molecule has 2 rings (SSSR count). The van der Waals surface area contributed by atoms with Crippen LogP contribution in [0.15, 0.2) is 42.6 Å². The molecule has 0 saturated carbocycles. The molecular formula is C18H24N4O2. The zero-order chi connectivity index (χ0) is 17.4. The summed E-state index contributed by atoms with van der Waals surface area (Å²) in [5, 5.41) is 5.65. The van der Waals surface area contributed by atoms with Crippen LogP contribution in [0.25, 0.3) is 0 Å². The maximum absolute atomic E-state index is 11.9. The summed E-state index contributed by atoms with van der Waals surface area (Å²) in [6.45, 7) is 1.82. The molecule has 1 heterocycles. The Morgan fingerprint density at radius 1 is 1.00 bits per heavy atom. The van der Waals surface area contributed by atoms with E-state index in [1.165, 1.54) is 5.56 Å². The van der Waals surface area contributed by atoms with Gasteiger partial charge in [0.25, 0.3) is 0 Å². The van der Waals surface area contributed by atoms with Gasteiger partial charge in [-0.1, -0.05) is 30.3 Å². The van der Waals surface area contributed by atoms with Gasteiger partial charge in [-0.2, -0.15) is 0 Å². The molecule has 0 aliphatic rings. The second-order valence-electron chi connectivity index (χ2n) is 5.80. The van der Waals surface area contributed by atoms with Gasteiger partial charge in [0.05, 0.1) is 7.11 Å². The van der Waals surface area contributed by atoms with Crippen LogP contribution in [0, 0.1) is 0 Å². The highest BCUT2D eigenvalue weighted by Crippen LogP contribution is 2.07. The number of hydrogen-bond acceptors (Lipinski definition) is 4. The van der Waals surface area contributed by atoms with Gasteiger partial charge in [-0.3, -0.25) is 0 Å².